The summed E-state index contributed by atoms with van der Waals surface area (Å²) in [5.74, 6) is 0.491. The summed E-state index contributed by atoms with van der Waals surface area (Å²) in [6, 6.07) is 5.59. The highest BCUT2D eigenvalue weighted by molar-refractivity contribution is 8.26. The summed E-state index contributed by atoms with van der Waals surface area (Å²) in [7, 11) is 0. The van der Waals surface area contributed by atoms with E-state index in [1.165, 1.54) is 43.9 Å². The third-order valence-corrected chi connectivity index (χ3v) is 6.85. The lowest BCUT2D eigenvalue weighted by atomic mass is 10.1. The SMILES string of the molecule is N=C/C(=C\[NH2+]CCCN1CCCC1)c1cnc2ccc(N=C(N)SC(=[NH2+])C3CCCO3)nc2c1. The number of aromatic nitrogens is 2. The smallest absolute Gasteiger partial charge is 0.244 e. The molecule has 0 spiro atoms. The van der Waals surface area contributed by atoms with Crippen molar-refractivity contribution >= 4 is 50.6 Å². The molecule has 2 saturated heterocycles. The molecule has 9 nitrogen and oxygen atoms in total. The van der Waals surface area contributed by atoms with Crippen LogP contribution in [-0.2, 0) is 4.74 Å². The van der Waals surface area contributed by atoms with E-state index in [9.17, 15) is 0 Å². The first-order valence-electron chi connectivity index (χ1n) is 11.9. The van der Waals surface area contributed by atoms with Crippen LogP contribution in [-0.4, -0.2) is 70.2 Å². The summed E-state index contributed by atoms with van der Waals surface area (Å²) in [6.07, 6.45) is 10.8. The van der Waals surface area contributed by atoms with E-state index >= 15 is 0 Å². The summed E-state index contributed by atoms with van der Waals surface area (Å²) in [4.78, 5) is 16.1. The Hall–Kier alpha value is -2.66. The summed E-state index contributed by atoms with van der Waals surface area (Å²) < 4.78 is 5.59. The number of aliphatic imine (C=N–C) groups is 1. The number of amidine groups is 1. The van der Waals surface area contributed by atoms with Crippen LogP contribution in [0.4, 0.5) is 5.82 Å². The van der Waals surface area contributed by atoms with E-state index in [2.05, 4.69) is 25.2 Å². The minimum absolute atomic E-state index is 0.0709. The fraction of sp³-hybridized carbons (Fsp3) is 0.458. The van der Waals surface area contributed by atoms with E-state index in [4.69, 9.17) is 21.3 Å². The van der Waals surface area contributed by atoms with Crippen molar-refractivity contribution in [3.05, 3.63) is 36.2 Å². The molecule has 0 aliphatic carbocycles. The number of nitrogens with one attached hydrogen (secondary N) is 1. The summed E-state index contributed by atoms with van der Waals surface area (Å²) in [6.45, 7) is 5.33. The summed E-state index contributed by atoms with van der Waals surface area (Å²) in [5, 5.41) is 17.1. The Morgan fingerprint density at radius 1 is 1.32 bits per heavy atom. The lowest BCUT2D eigenvalue weighted by molar-refractivity contribution is -0.587. The Bertz CT molecular complexity index is 1070. The zero-order valence-electron chi connectivity index (χ0n) is 19.4. The molecule has 0 saturated carbocycles. The van der Waals surface area contributed by atoms with Crippen LogP contribution in [0.5, 0.6) is 0 Å². The van der Waals surface area contributed by atoms with Gasteiger partial charge in [-0.15, -0.1) is 0 Å². The van der Waals surface area contributed by atoms with Gasteiger partial charge < -0.3 is 26.1 Å². The highest BCUT2D eigenvalue weighted by atomic mass is 32.2. The molecule has 2 aromatic heterocycles. The molecule has 180 valence electrons. The maximum atomic E-state index is 7.86. The van der Waals surface area contributed by atoms with Gasteiger partial charge in [0.25, 0.3) is 0 Å². The van der Waals surface area contributed by atoms with Gasteiger partial charge in [-0.1, -0.05) is 0 Å². The zero-order chi connectivity index (χ0) is 23.8. The number of pyridine rings is 2. The number of hydrogen-bond donors (Lipinski definition) is 4. The van der Waals surface area contributed by atoms with Gasteiger partial charge in [0.1, 0.15) is 12.3 Å². The van der Waals surface area contributed by atoms with Crippen LogP contribution in [0, 0.1) is 5.41 Å². The van der Waals surface area contributed by atoms with E-state index in [0.717, 1.165) is 55.6 Å². The van der Waals surface area contributed by atoms with Gasteiger partial charge in [0.15, 0.2) is 11.0 Å². The van der Waals surface area contributed by atoms with Crippen LogP contribution in [0.3, 0.4) is 0 Å². The molecule has 1 atom stereocenters. The largest absolute Gasteiger partial charge is 0.378 e. The Kier molecular flexibility index (Phi) is 8.75. The zero-order valence-corrected chi connectivity index (χ0v) is 20.3. The number of hydrogen-bond acceptors (Lipinski definition) is 7. The van der Waals surface area contributed by atoms with Crippen molar-refractivity contribution in [1.82, 2.24) is 14.9 Å². The standard InChI is InChI=1S/C24H32N8OS/c25-14-18(15-28-8-4-11-32-9-1-2-10-32)17-13-20-19(29-16-17)6-7-22(30-20)31-24(27)34-23(26)21-5-3-12-33-21/h6-7,13-16,21,25-26,28H,1-5,8-12H2,(H2,27,30,31)/p+2/b18-15+,25-14?,26-23?. The number of likely N-dealkylation sites (tertiary alicyclic amines) is 1. The van der Waals surface area contributed by atoms with Crippen LogP contribution < -0.4 is 16.5 Å². The topological polar surface area (TPSA) is 143 Å². The molecule has 0 radical (unpaired) electrons. The second-order valence-corrected chi connectivity index (χ2v) is 9.67. The van der Waals surface area contributed by atoms with E-state index in [1.807, 2.05) is 18.3 Å². The fourth-order valence-electron chi connectivity index (χ4n) is 4.22. The Morgan fingerprint density at radius 3 is 2.94 bits per heavy atom. The monoisotopic (exact) mass is 482 g/mol. The Morgan fingerprint density at radius 2 is 2.18 bits per heavy atom. The van der Waals surface area contributed by atoms with E-state index in [-0.39, 0.29) is 6.10 Å². The molecule has 1 unspecified atom stereocenters. The van der Waals surface area contributed by atoms with Gasteiger partial charge in [-0.2, -0.15) is 0 Å². The second-order valence-electron chi connectivity index (χ2n) is 8.58. The van der Waals surface area contributed by atoms with E-state index < -0.39 is 0 Å². The van der Waals surface area contributed by atoms with Crippen LogP contribution in [0.1, 0.15) is 37.7 Å². The average molecular weight is 483 g/mol. The molecule has 2 aliphatic rings. The van der Waals surface area contributed by atoms with Crippen molar-refractivity contribution in [3.8, 4) is 0 Å². The molecular formula is C24H34N8OS+2. The number of thioether (sulfide) groups is 1. The highest BCUT2D eigenvalue weighted by Crippen LogP contribution is 2.22. The molecule has 0 aromatic carbocycles. The highest BCUT2D eigenvalue weighted by Gasteiger charge is 2.26. The number of quaternary nitrogens is 1. The lowest BCUT2D eigenvalue weighted by Gasteiger charge is -2.12. The molecule has 2 fully saturated rings. The minimum Gasteiger partial charge on any atom is -0.378 e. The minimum atomic E-state index is -0.0709. The third kappa shape index (κ3) is 6.69. The van der Waals surface area contributed by atoms with Gasteiger partial charge in [-0.05, 0) is 57.0 Å². The first kappa shape index (κ1) is 24.5. The van der Waals surface area contributed by atoms with Gasteiger partial charge in [-0.3, -0.25) is 4.98 Å². The van der Waals surface area contributed by atoms with Crippen molar-refractivity contribution in [1.29, 1.82) is 5.41 Å². The molecule has 4 rings (SSSR count). The van der Waals surface area contributed by atoms with Crippen molar-refractivity contribution in [3.63, 3.8) is 0 Å². The van der Waals surface area contributed by atoms with Crippen molar-refractivity contribution in [2.24, 2.45) is 10.7 Å². The number of allylic oxidation sites excluding steroid dienone is 1. The third-order valence-electron chi connectivity index (χ3n) is 6.05. The first-order valence-corrected chi connectivity index (χ1v) is 12.7. The van der Waals surface area contributed by atoms with Gasteiger partial charge in [0.05, 0.1) is 23.2 Å². The van der Waals surface area contributed by atoms with Crippen LogP contribution in [0.2, 0.25) is 0 Å². The van der Waals surface area contributed by atoms with Crippen LogP contribution >= 0.6 is 11.8 Å². The summed E-state index contributed by atoms with van der Waals surface area (Å²) in [5.41, 5.74) is 9.22. The molecule has 4 heterocycles. The van der Waals surface area contributed by atoms with Crippen LogP contribution in [0.15, 0.2) is 35.6 Å². The number of ether oxygens (including phenoxy) is 1. The van der Waals surface area contributed by atoms with Gasteiger partial charge in [0.2, 0.25) is 5.04 Å². The van der Waals surface area contributed by atoms with Gasteiger partial charge >= 0.3 is 0 Å². The number of nitrogens with zero attached hydrogens (tertiary/aromatic N) is 4. The molecule has 10 heteroatoms. The fourth-order valence-corrected chi connectivity index (χ4v) is 4.92. The van der Waals surface area contributed by atoms with E-state index in [1.54, 1.807) is 12.3 Å². The molecule has 34 heavy (non-hydrogen) atoms. The Labute approximate surface area is 204 Å². The molecule has 7 N–H and O–H groups in total. The van der Waals surface area contributed by atoms with Crippen molar-refractivity contribution < 1.29 is 15.5 Å². The molecule has 2 aliphatic heterocycles. The Balaban J connectivity index is 1.39. The normalized spacial score (nSPS) is 19.7. The number of fused-ring (bicyclic) bond motifs is 1. The number of rotatable bonds is 9. The molecule has 2 aromatic rings. The van der Waals surface area contributed by atoms with Gasteiger partial charge in [0, 0.05) is 49.3 Å². The first-order chi connectivity index (χ1) is 16.6. The second kappa shape index (κ2) is 12.2. The predicted molar refractivity (Wildman–Crippen MR) is 138 cm³/mol. The quantitative estimate of drug-likeness (QED) is 0.235. The maximum absolute atomic E-state index is 7.86. The predicted octanol–water partition coefficient (Wildman–Crippen LogP) is 0.686. The average Bonchev–Trinajstić information content (AvgIpc) is 3.55. The van der Waals surface area contributed by atoms with Crippen molar-refractivity contribution in [2.45, 2.75) is 38.2 Å². The number of nitrogens with two attached hydrogens (primary N) is 3. The van der Waals surface area contributed by atoms with Crippen LogP contribution in [0.25, 0.3) is 16.6 Å². The molecule has 0 bridgehead atoms. The van der Waals surface area contributed by atoms with Crippen molar-refractivity contribution in [2.75, 3.05) is 32.8 Å². The maximum Gasteiger partial charge on any atom is 0.244 e. The lowest BCUT2D eigenvalue weighted by Crippen LogP contribution is -2.78. The molecule has 0 amide bonds. The molecular weight excluding hydrogens is 448 g/mol. The van der Waals surface area contributed by atoms with E-state index in [0.29, 0.717) is 21.5 Å². The summed E-state index contributed by atoms with van der Waals surface area (Å²) >= 11 is 1.23. The van der Waals surface area contributed by atoms with Gasteiger partial charge in [-0.25, -0.2) is 15.4 Å².